The lowest BCUT2D eigenvalue weighted by molar-refractivity contribution is -0.138. The van der Waals surface area contributed by atoms with Crippen LogP contribution in [0.15, 0.2) is 12.1 Å². The summed E-state index contributed by atoms with van der Waals surface area (Å²) >= 11 is 0. The minimum atomic E-state index is -0.938. The summed E-state index contributed by atoms with van der Waals surface area (Å²) in [5.74, 6) is -0.248. The number of rotatable bonds is 3. The Morgan fingerprint density at radius 3 is 2.41 bits per heavy atom. The Labute approximate surface area is 103 Å². The lowest BCUT2D eigenvalue weighted by atomic mass is 9.98. The molecule has 3 nitrogen and oxygen atoms in total. The van der Waals surface area contributed by atoms with E-state index in [-0.39, 0.29) is 5.91 Å². The van der Waals surface area contributed by atoms with Crippen molar-refractivity contribution < 1.29 is 9.90 Å². The fraction of sp³-hybridized carbons (Fsp3) is 0.500. The zero-order valence-corrected chi connectivity index (χ0v) is 11.2. The maximum atomic E-state index is 11.6. The van der Waals surface area contributed by atoms with E-state index >= 15 is 0 Å². The van der Waals surface area contributed by atoms with E-state index in [1.54, 1.807) is 11.9 Å². The first-order valence-electron chi connectivity index (χ1n) is 5.83. The van der Waals surface area contributed by atoms with Gasteiger partial charge in [0, 0.05) is 13.6 Å². The molecular weight excluding hydrogens is 214 g/mol. The average molecular weight is 235 g/mol. The van der Waals surface area contributed by atoms with Crippen LogP contribution >= 0.6 is 0 Å². The number of aliphatic hydroxyl groups is 1. The van der Waals surface area contributed by atoms with E-state index in [2.05, 4.69) is 26.8 Å². The van der Waals surface area contributed by atoms with Crippen molar-refractivity contribution in [3.63, 3.8) is 0 Å². The zero-order chi connectivity index (χ0) is 13.2. The van der Waals surface area contributed by atoms with Gasteiger partial charge >= 0.3 is 0 Å². The molecule has 1 unspecified atom stereocenters. The van der Waals surface area contributed by atoms with Crippen molar-refractivity contribution >= 4 is 5.91 Å². The van der Waals surface area contributed by atoms with E-state index in [0.717, 1.165) is 5.56 Å². The quantitative estimate of drug-likeness (QED) is 0.870. The Bertz CT molecular complexity index is 424. The normalized spacial score (nSPS) is 12.4. The second-order valence-corrected chi connectivity index (χ2v) is 4.66. The maximum absolute atomic E-state index is 11.6. The molecule has 0 aliphatic heterocycles. The van der Waals surface area contributed by atoms with Gasteiger partial charge in [-0.15, -0.1) is 0 Å². The van der Waals surface area contributed by atoms with Crippen molar-refractivity contribution in [2.24, 2.45) is 0 Å². The number of carbonyl (C=O) groups excluding carboxylic acids is 1. The van der Waals surface area contributed by atoms with Gasteiger partial charge < -0.3 is 10.0 Å². The van der Waals surface area contributed by atoms with E-state index in [1.807, 2.05) is 6.07 Å². The summed E-state index contributed by atoms with van der Waals surface area (Å²) in [5.41, 5.74) is 4.87. The predicted molar refractivity (Wildman–Crippen MR) is 68.8 cm³/mol. The van der Waals surface area contributed by atoms with Crippen LogP contribution < -0.4 is 0 Å². The van der Waals surface area contributed by atoms with Crippen LogP contribution in [-0.4, -0.2) is 29.1 Å². The fourth-order valence-corrected chi connectivity index (χ4v) is 1.84. The monoisotopic (exact) mass is 235 g/mol. The highest BCUT2D eigenvalue weighted by atomic mass is 16.3. The smallest absolute Gasteiger partial charge is 0.251 e. The van der Waals surface area contributed by atoms with Gasteiger partial charge in [0.1, 0.15) is 6.10 Å². The standard InChI is InChI=1S/C14H21NO2/c1-9-6-7-13(11(3)10(9)2)8-15(5)14(17)12(4)16/h6-7,12,16H,8H2,1-5H3. The van der Waals surface area contributed by atoms with Gasteiger partial charge in [-0.05, 0) is 49.9 Å². The third-order valence-corrected chi connectivity index (χ3v) is 3.31. The number of hydrogen-bond acceptors (Lipinski definition) is 2. The molecule has 1 rings (SSSR count). The lowest BCUT2D eigenvalue weighted by Gasteiger charge is -2.21. The molecule has 17 heavy (non-hydrogen) atoms. The number of amides is 1. The van der Waals surface area contributed by atoms with Crippen molar-refractivity contribution in [1.82, 2.24) is 4.90 Å². The third-order valence-electron chi connectivity index (χ3n) is 3.31. The van der Waals surface area contributed by atoms with Crippen molar-refractivity contribution in [2.45, 2.75) is 40.3 Å². The lowest BCUT2D eigenvalue weighted by Crippen LogP contribution is -2.34. The van der Waals surface area contributed by atoms with Crippen LogP contribution in [0.25, 0.3) is 0 Å². The number of aliphatic hydroxyl groups excluding tert-OH is 1. The molecule has 1 N–H and O–H groups in total. The van der Waals surface area contributed by atoms with Gasteiger partial charge in [-0.3, -0.25) is 4.79 Å². The number of carbonyl (C=O) groups is 1. The molecule has 3 heteroatoms. The molecule has 0 spiro atoms. The summed E-state index contributed by atoms with van der Waals surface area (Å²) in [7, 11) is 1.71. The van der Waals surface area contributed by atoms with Crippen LogP contribution in [0, 0.1) is 20.8 Å². The van der Waals surface area contributed by atoms with E-state index in [1.165, 1.54) is 23.6 Å². The van der Waals surface area contributed by atoms with Gasteiger partial charge in [-0.1, -0.05) is 12.1 Å². The Morgan fingerprint density at radius 2 is 1.88 bits per heavy atom. The number of nitrogens with zero attached hydrogens (tertiary/aromatic N) is 1. The second-order valence-electron chi connectivity index (χ2n) is 4.66. The van der Waals surface area contributed by atoms with Crippen LogP contribution in [0.2, 0.25) is 0 Å². The van der Waals surface area contributed by atoms with Crippen molar-refractivity contribution in [1.29, 1.82) is 0 Å². The minimum absolute atomic E-state index is 0.248. The largest absolute Gasteiger partial charge is 0.384 e. The second kappa shape index (κ2) is 5.32. The molecule has 0 aliphatic carbocycles. The van der Waals surface area contributed by atoms with E-state index in [0.29, 0.717) is 6.54 Å². The molecule has 0 saturated heterocycles. The van der Waals surface area contributed by atoms with Gasteiger partial charge in [0.25, 0.3) is 5.91 Å². The third kappa shape index (κ3) is 3.07. The number of benzene rings is 1. The summed E-state index contributed by atoms with van der Waals surface area (Å²) in [6.07, 6.45) is -0.938. The zero-order valence-electron chi connectivity index (χ0n) is 11.2. The number of aryl methyl sites for hydroxylation is 1. The van der Waals surface area contributed by atoms with Gasteiger partial charge in [-0.2, -0.15) is 0 Å². The SMILES string of the molecule is Cc1ccc(CN(C)C(=O)C(C)O)c(C)c1C. The average Bonchev–Trinajstić information content (AvgIpc) is 2.28. The van der Waals surface area contributed by atoms with Crippen LogP contribution in [0.3, 0.4) is 0 Å². The summed E-state index contributed by atoms with van der Waals surface area (Å²) < 4.78 is 0. The van der Waals surface area contributed by atoms with Crippen LogP contribution in [0.1, 0.15) is 29.2 Å². The highest BCUT2D eigenvalue weighted by Gasteiger charge is 2.15. The van der Waals surface area contributed by atoms with E-state index in [4.69, 9.17) is 0 Å². The van der Waals surface area contributed by atoms with Crippen LogP contribution in [0.4, 0.5) is 0 Å². The molecule has 94 valence electrons. The van der Waals surface area contributed by atoms with Gasteiger partial charge in [0.15, 0.2) is 0 Å². The molecule has 0 aliphatic rings. The summed E-state index contributed by atoms with van der Waals surface area (Å²) in [6, 6.07) is 4.11. The number of hydrogen-bond donors (Lipinski definition) is 1. The number of likely N-dealkylation sites (N-methyl/N-ethyl adjacent to an activating group) is 1. The Kier molecular flexibility index (Phi) is 4.29. The molecule has 0 bridgehead atoms. The van der Waals surface area contributed by atoms with Gasteiger partial charge in [-0.25, -0.2) is 0 Å². The van der Waals surface area contributed by atoms with E-state index < -0.39 is 6.10 Å². The molecule has 0 heterocycles. The molecule has 0 aromatic heterocycles. The molecule has 0 fully saturated rings. The molecule has 1 aromatic carbocycles. The summed E-state index contributed by atoms with van der Waals surface area (Å²) in [4.78, 5) is 13.1. The van der Waals surface area contributed by atoms with Crippen molar-refractivity contribution in [3.05, 3.63) is 34.4 Å². The molecule has 1 atom stereocenters. The topological polar surface area (TPSA) is 40.5 Å². The molecule has 1 amide bonds. The predicted octanol–water partition coefficient (Wildman–Crippen LogP) is 1.95. The summed E-state index contributed by atoms with van der Waals surface area (Å²) in [6.45, 7) is 8.27. The van der Waals surface area contributed by atoms with E-state index in [9.17, 15) is 9.90 Å². The highest BCUT2D eigenvalue weighted by molar-refractivity contribution is 5.79. The first kappa shape index (κ1) is 13.7. The Morgan fingerprint density at radius 1 is 1.29 bits per heavy atom. The molecule has 1 aromatic rings. The Balaban J connectivity index is 2.90. The molecule has 0 radical (unpaired) electrons. The van der Waals surface area contributed by atoms with Crippen LogP contribution in [0.5, 0.6) is 0 Å². The van der Waals surface area contributed by atoms with Crippen LogP contribution in [-0.2, 0) is 11.3 Å². The van der Waals surface area contributed by atoms with Crippen molar-refractivity contribution in [2.75, 3.05) is 7.05 Å². The van der Waals surface area contributed by atoms with Gasteiger partial charge in [0.05, 0.1) is 0 Å². The minimum Gasteiger partial charge on any atom is -0.384 e. The fourth-order valence-electron chi connectivity index (χ4n) is 1.84. The van der Waals surface area contributed by atoms with Crippen molar-refractivity contribution in [3.8, 4) is 0 Å². The first-order chi connectivity index (χ1) is 7.84. The van der Waals surface area contributed by atoms with Gasteiger partial charge in [0.2, 0.25) is 0 Å². The highest BCUT2D eigenvalue weighted by Crippen LogP contribution is 2.18. The molecule has 0 saturated carbocycles. The molecular formula is C14H21NO2. The summed E-state index contributed by atoms with van der Waals surface area (Å²) in [5, 5.41) is 9.25. The Hall–Kier alpha value is -1.35. The first-order valence-corrected chi connectivity index (χ1v) is 5.83. The maximum Gasteiger partial charge on any atom is 0.251 e.